The standard InChI is InChI=1S/C11H16N2O4S/c1-12(10-3-2-4-11(14)9-10)18(15,16)13-5-7-17-8-6-13/h2-4,9,14H,5-8H2,1H3. The van der Waals surface area contributed by atoms with Crippen molar-refractivity contribution in [2.24, 2.45) is 0 Å². The van der Waals surface area contributed by atoms with E-state index in [9.17, 15) is 13.5 Å². The highest BCUT2D eigenvalue weighted by molar-refractivity contribution is 7.90. The fourth-order valence-electron chi connectivity index (χ4n) is 1.77. The molecule has 1 heterocycles. The summed E-state index contributed by atoms with van der Waals surface area (Å²) in [5, 5.41) is 9.38. The summed E-state index contributed by atoms with van der Waals surface area (Å²) < 4.78 is 32.3. The van der Waals surface area contributed by atoms with Crippen LogP contribution in [0.2, 0.25) is 0 Å². The molecule has 6 nitrogen and oxygen atoms in total. The number of hydrogen-bond donors (Lipinski definition) is 1. The van der Waals surface area contributed by atoms with Crippen molar-refractivity contribution in [2.75, 3.05) is 37.7 Å². The summed E-state index contributed by atoms with van der Waals surface area (Å²) in [6, 6.07) is 6.16. The number of rotatable bonds is 3. The van der Waals surface area contributed by atoms with E-state index in [1.165, 1.54) is 23.5 Å². The van der Waals surface area contributed by atoms with Crippen LogP contribution in [-0.4, -0.2) is 51.2 Å². The van der Waals surface area contributed by atoms with E-state index in [-0.39, 0.29) is 5.75 Å². The molecule has 1 saturated heterocycles. The number of morpholine rings is 1. The van der Waals surface area contributed by atoms with Gasteiger partial charge in [0.15, 0.2) is 0 Å². The molecule has 0 amide bonds. The van der Waals surface area contributed by atoms with Crippen molar-refractivity contribution >= 4 is 15.9 Å². The number of anilines is 1. The van der Waals surface area contributed by atoms with Crippen molar-refractivity contribution in [1.82, 2.24) is 4.31 Å². The van der Waals surface area contributed by atoms with E-state index in [0.29, 0.717) is 32.0 Å². The molecule has 0 saturated carbocycles. The largest absolute Gasteiger partial charge is 0.508 e. The number of phenols is 1. The molecular weight excluding hydrogens is 256 g/mol. The molecule has 0 unspecified atom stereocenters. The Morgan fingerprint density at radius 3 is 2.61 bits per heavy atom. The highest BCUT2D eigenvalue weighted by Gasteiger charge is 2.28. The van der Waals surface area contributed by atoms with Crippen molar-refractivity contribution in [3.8, 4) is 5.75 Å². The molecule has 0 aromatic heterocycles. The first-order chi connectivity index (χ1) is 8.51. The Kier molecular flexibility index (Phi) is 3.74. The minimum Gasteiger partial charge on any atom is -0.508 e. The van der Waals surface area contributed by atoms with Crippen LogP contribution in [0.4, 0.5) is 5.69 Å². The minimum atomic E-state index is -3.56. The number of benzene rings is 1. The quantitative estimate of drug-likeness (QED) is 0.865. The van der Waals surface area contributed by atoms with Crippen molar-refractivity contribution in [3.63, 3.8) is 0 Å². The lowest BCUT2D eigenvalue weighted by Gasteiger charge is -2.31. The number of aromatic hydroxyl groups is 1. The van der Waals surface area contributed by atoms with Crippen molar-refractivity contribution in [1.29, 1.82) is 0 Å². The number of ether oxygens (including phenoxy) is 1. The zero-order valence-corrected chi connectivity index (χ0v) is 10.9. The predicted octanol–water partition coefficient (Wildman–Crippen LogP) is 0.405. The molecule has 2 rings (SSSR count). The lowest BCUT2D eigenvalue weighted by Crippen LogP contribution is -2.47. The van der Waals surface area contributed by atoms with Gasteiger partial charge in [-0.25, -0.2) is 0 Å². The Hall–Kier alpha value is -1.31. The summed E-state index contributed by atoms with van der Waals surface area (Å²) >= 11 is 0. The van der Waals surface area contributed by atoms with E-state index in [4.69, 9.17) is 4.74 Å². The molecule has 0 bridgehead atoms. The van der Waals surface area contributed by atoms with Gasteiger partial charge in [-0.1, -0.05) is 6.07 Å². The highest BCUT2D eigenvalue weighted by Crippen LogP contribution is 2.23. The van der Waals surface area contributed by atoms with Crippen LogP contribution in [0.25, 0.3) is 0 Å². The average Bonchev–Trinajstić information content (AvgIpc) is 2.39. The van der Waals surface area contributed by atoms with Crippen molar-refractivity contribution in [3.05, 3.63) is 24.3 Å². The van der Waals surface area contributed by atoms with Gasteiger partial charge in [0.2, 0.25) is 0 Å². The van der Waals surface area contributed by atoms with Gasteiger partial charge < -0.3 is 9.84 Å². The Morgan fingerprint density at radius 1 is 1.33 bits per heavy atom. The van der Waals surface area contributed by atoms with Gasteiger partial charge in [0.1, 0.15) is 5.75 Å². The maximum atomic E-state index is 12.3. The molecule has 100 valence electrons. The Bertz CT molecular complexity index is 512. The van der Waals surface area contributed by atoms with E-state index in [1.54, 1.807) is 12.1 Å². The van der Waals surface area contributed by atoms with Gasteiger partial charge in [-0.2, -0.15) is 12.7 Å². The summed E-state index contributed by atoms with van der Waals surface area (Å²) in [6.07, 6.45) is 0. The second-order valence-electron chi connectivity index (χ2n) is 4.01. The van der Waals surface area contributed by atoms with Crippen LogP contribution in [0.3, 0.4) is 0 Å². The van der Waals surface area contributed by atoms with E-state index in [1.807, 2.05) is 0 Å². The maximum Gasteiger partial charge on any atom is 0.303 e. The molecule has 1 aliphatic heterocycles. The molecule has 1 fully saturated rings. The second-order valence-corrected chi connectivity index (χ2v) is 5.97. The fourth-order valence-corrected chi connectivity index (χ4v) is 3.11. The summed E-state index contributed by atoms with van der Waals surface area (Å²) in [5.74, 6) is 0.0385. The fraction of sp³-hybridized carbons (Fsp3) is 0.455. The third kappa shape index (κ3) is 2.58. The maximum absolute atomic E-state index is 12.3. The zero-order valence-electron chi connectivity index (χ0n) is 10.1. The van der Waals surface area contributed by atoms with Crippen LogP contribution in [0, 0.1) is 0 Å². The van der Waals surface area contributed by atoms with Gasteiger partial charge in [-0.15, -0.1) is 0 Å². The van der Waals surface area contributed by atoms with E-state index in [2.05, 4.69) is 0 Å². The number of hydrogen-bond acceptors (Lipinski definition) is 4. The molecule has 1 aromatic rings. The van der Waals surface area contributed by atoms with Gasteiger partial charge in [-0.05, 0) is 12.1 Å². The molecule has 0 aliphatic carbocycles. The van der Waals surface area contributed by atoms with Gasteiger partial charge in [-0.3, -0.25) is 4.31 Å². The van der Waals surface area contributed by atoms with Crippen molar-refractivity contribution in [2.45, 2.75) is 0 Å². The van der Waals surface area contributed by atoms with Crippen LogP contribution in [-0.2, 0) is 14.9 Å². The monoisotopic (exact) mass is 272 g/mol. The average molecular weight is 272 g/mol. The molecule has 18 heavy (non-hydrogen) atoms. The van der Waals surface area contributed by atoms with Gasteiger partial charge in [0, 0.05) is 26.2 Å². The Morgan fingerprint density at radius 2 is 2.00 bits per heavy atom. The molecule has 0 atom stereocenters. The van der Waals surface area contributed by atoms with Crippen LogP contribution >= 0.6 is 0 Å². The smallest absolute Gasteiger partial charge is 0.303 e. The lowest BCUT2D eigenvalue weighted by molar-refractivity contribution is 0.0730. The molecule has 7 heteroatoms. The van der Waals surface area contributed by atoms with Gasteiger partial charge in [0.25, 0.3) is 0 Å². The van der Waals surface area contributed by atoms with E-state index >= 15 is 0 Å². The first-order valence-electron chi connectivity index (χ1n) is 5.62. The Balaban J connectivity index is 2.23. The van der Waals surface area contributed by atoms with Crippen LogP contribution in [0.1, 0.15) is 0 Å². The zero-order chi connectivity index (χ0) is 13.2. The van der Waals surface area contributed by atoms with Crippen LogP contribution in [0.15, 0.2) is 24.3 Å². The third-order valence-electron chi connectivity index (χ3n) is 2.84. The van der Waals surface area contributed by atoms with Crippen LogP contribution < -0.4 is 4.31 Å². The molecule has 1 aromatic carbocycles. The van der Waals surface area contributed by atoms with Crippen molar-refractivity contribution < 1.29 is 18.3 Å². The second kappa shape index (κ2) is 5.13. The highest BCUT2D eigenvalue weighted by atomic mass is 32.2. The summed E-state index contributed by atoms with van der Waals surface area (Å²) in [4.78, 5) is 0. The lowest BCUT2D eigenvalue weighted by atomic mass is 10.3. The minimum absolute atomic E-state index is 0.0385. The first-order valence-corrected chi connectivity index (χ1v) is 7.02. The number of nitrogens with zero attached hydrogens (tertiary/aromatic N) is 2. The normalized spacial score (nSPS) is 17.6. The molecule has 0 spiro atoms. The Labute approximate surface area is 107 Å². The van der Waals surface area contributed by atoms with E-state index < -0.39 is 10.2 Å². The molecular formula is C11H16N2O4S. The van der Waals surface area contributed by atoms with E-state index in [0.717, 1.165) is 4.31 Å². The van der Waals surface area contributed by atoms with Gasteiger partial charge in [0.05, 0.1) is 18.9 Å². The third-order valence-corrected chi connectivity index (χ3v) is 4.76. The summed E-state index contributed by atoms with van der Waals surface area (Å²) in [6.45, 7) is 1.52. The number of phenolic OH excluding ortho intramolecular Hbond substituents is 1. The molecule has 1 aliphatic rings. The summed E-state index contributed by atoms with van der Waals surface area (Å²) in [7, 11) is -2.08. The summed E-state index contributed by atoms with van der Waals surface area (Å²) in [5.41, 5.74) is 0.432. The SMILES string of the molecule is CN(c1cccc(O)c1)S(=O)(=O)N1CCOCC1. The molecule has 1 N–H and O–H groups in total. The predicted molar refractivity (Wildman–Crippen MR) is 67.8 cm³/mol. The van der Waals surface area contributed by atoms with Crippen LogP contribution in [0.5, 0.6) is 5.75 Å². The first kappa shape index (κ1) is 13.1. The van der Waals surface area contributed by atoms with Gasteiger partial charge >= 0.3 is 10.2 Å². The molecule has 0 radical (unpaired) electrons. The topological polar surface area (TPSA) is 70.1 Å².